The highest BCUT2D eigenvalue weighted by Crippen LogP contribution is 2.45. The minimum atomic E-state index is -0.432. The van der Waals surface area contributed by atoms with E-state index in [1.165, 1.54) is 0 Å². The summed E-state index contributed by atoms with van der Waals surface area (Å²) in [5.41, 5.74) is 2.81. The Labute approximate surface area is 178 Å². The van der Waals surface area contributed by atoms with Gasteiger partial charge in [0.15, 0.2) is 11.5 Å². The lowest BCUT2D eigenvalue weighted by Crippen LogP contribution is -2.39. The smallest absolute Gasteiger partial charge is 0.336 e. The van der Waals surface area contributed by atoms with Crippen molar-refractivity contribution in [1.29, 1.82) is 0 Å². The van der Waals surface area contributed by atoms with Crippen LogP contribution in [-0.2, 0) is 14.3 Å². The Morgan fingerprint density at radius 2 is 1.87 bits per heavy atom. The van der Waals surface area contributed by atoms with Gasteiger partial charge in [0.25, 0.3) is 0 Å². The van der Waals surface area contributed by atoms with E-state index >= 15 is 0 Å². The van der Waals surface area contributed by atoms with Crippen LogP contribution in [0.2, 0.25) is 0 Å². The second-order valence-electron chi connectivity index (χ2n) is 7.77. The Bertz CT molecular complexity index is 870. The van der Waals surface area contributed by atoms with E-state index < -0.39 is 17.8 Å². The van der Waals surface area contributed by atoms with E-state index in [2.05, 4.69) is 4.99 Å². The number of ether oxygens (including phenoxy) is 3. The summed E-state index contributed by atoms with van der Waals surface area (Å²) >= 11 is 0. The number of carbonyl (C=O) groups excluding carboxylic acids is 2. The third-order valence-electron chi connectivity index (χ3n) is 5.57. The molecule has 2 aliphatic rings. The van der Waals surface area contributed by atoms with Gasteiger partial charge in [-0.25, -0.2) is 4.79 Å². The Balaban J connectivity index is 2.08. The molecular weight excluding hydrogens is 382 g/mol. The fourth-order valence-electron chi connectivity index (χ4n) is 4.23. The van der Waals surface area contributed by atoms with E-state index in [0.29, 0.717) is 42.4 Å². The normalized spacial score (nSPS) is 21.1. The number of hydrogen-bond acceptors (Lipinski definition) is 6. The standard InChI is InChI=1S/C24H31NO5/c1-5-12-29-19-11-10-16(14-20(19)28-4)22-21(24(27)30-13-6-2)15(3)25-17-8-7-9-18(26)23(17)22/h10-11,14,22-23H,5-9,12-13H2,1-4H3/t22-,23?/m1/s1. The molecule has 0 radical (unpaired) electrons. The summed E-state index contributed by atoms with van der Waals surface area (Å²) in [6.07, 6.45) is 3.70. The Morgan fingerprint density at radius 3 is 2.57 bits per heavy atom. The molecule has 1 saturated carbocycles. The predicted octanol–water partition coefficient (Wildman–Crippen LogP) is 4.62. The molecule has 30 heavy (non-hydrogen) atoms. The van der Waals surface area contributed by atoms with E-state index in [0.717, 1.165) is 37.0 Å². The number of fused-ring (bicyclic) bond motifs is 1. The molecule has 1 heterocycles. The van der Waals surface area contributed by atoms with Gasteiger partial charge in [-0.05, 0) is 50.3 Å². The second-order valence-corrected chi connectivity index (χ2v) is 7.77. The number of rotatable bonds is 8. The number of hydrogen-bond donors (Lipinski definition) is 0. The van der Waals surface area contributed by atoms with Crippen molar-refractivity contribution in [3.8, 4) is 11.5 Å². The highest BCUT2D eigenvalue weighted by atomic mass is 16.5. The van der Waals surface area contributed by atoms with Gasteiger partial charge in [0.2, 0.25) is 0 Å². The molecule has 2 atom stereocenters. The van der Waals surface area contributed by atoms with Crippen LogP contribution < -0.4 is 9.47 Å². The highest BCUT2D eigenvalue weighted by Gasteiger charge is 2.44. The summed E-state index contributed by atoms with van der Waals surface area (Å²) in [7, 11) is 1.59. The van der Waals surface area contributed by atoms with Gasteiger partial charge in [0, 0.05) is 23.7 Å². The third-order valence-corrected chi connectivity index (χ3v) is 5.57. The summed E-state index contributed by atoms with van der Waals surface area (Å²) in [6.45, 7) is 6.75. The SMILES string of the molecule is CCCOC(=O)C1=C(C)N=C2CCCC(=O)C2[C@@H]1c1ccc(OCCC)c(OC)c1. The van der Waals surface area contributed by atoms with Crippen LogP contribution in [0.5, 0.6) is 11.5 Å². The molecule has 1 aromatic carbocycles. The number of ketones is 1. The van der Waals surface area contributed by atoms with Crippen LogP contribution in [0, 0.1) is 5.92 Å². The van der Waals surface area contributed by atoms with Crippen LogP contribution >= 0.6 is 0 Å². The molecule has 0 N–H and O–H groups in total. The second kappa shape index (κ2) is 9.92. The zero-order valence-electron chi connectivity index (χ0n) is 18.3. The first-order valence-corrected chi connectivity index (χ1v) is 10.8. The summed E-state index contributed by atoms with van der Waals surface area (Å²) < 4.78 is 16.8. The van der Waals surface area contributed by atoms with Gasteiger partial charge in [-0.15, -0.1) is 0 Å². The Hall–Kier alpha value is -2.63. The molecule has 0 bridgehead atoms. The average molecular weight is 414 g/mol. The lowest BCUT2D eigenvalue weighted by atomic mass is 9.69. The molecule has 6 heteroatoms. The maximum Gasteiger partial charge on any atom is 0.336 e. The first kappa shape index (κ1) is 22.1. The van der Waals surface area contributed by atoms with Gasteiger partial charge in [-0.3, -0.25) is 9.79 Å². The number of methoxy groups -OCH3 is 1. The summed E-state index contributed by atoms with van der Waals surface area (Å²) in [5.74, 6) is 0.114. The first-order valence-electron chi connectivity index (χ1n) is 10.8. The van der Waals surface area contributed by atoms with Crippen LogP contribution in [0.4, 0.5) is 0 Å². The Kier molecular flexibility index (Phi) is 7.29. The quantitative estimate of drug-likeness (QED) is 0.582. The fraction of sp³-hybridized carbons (Fsp3) is 0.542. The van der Waals surface area contributed by atoms with E-state index in [-0.39, 0.29) is 5.78 Å². The summed E-state index contributed by atoms with van der Waals surface area (Å²) in [6, 6.07) is 5.65. The minimum Gasteiger partial charge on any atom is -0.493 e. The number of allylic oxidation sites excluding steroid dienone is 1. The lowest BCUT2D eigenvalue weighted by Gasteiger charge is -2.35. The number of carbonyl (C=O) groups is 2. The fourth-order valence-corrected chi connectivity index (χ4v) is 4.23. The van der Waals surface area contributed by atoms with E-state index in [1.807, 2.05) is 39.0 Å². The van der Waals surface area contributed by atoms with Gasteiger partial charge in [-0.1, -0.05) is 19.9 Å². The molecule has 1 unspecified atom stereocenters. The number of aliphatic imine (C=N–C) groups is 1. The van der Waals surface area contributed by atoms with Gasteiger partial charge in [0.05, 0.1) is 31.8 Å². The van der Waals surface area contributed by atoms with Gasteiger partial charge < -0.3 is 14.2 Å². The summed E-state index contributed by atoms with van der Waals surface area (Å²) in [5, 5.41) is 0. The topological polar surface area (TPSA) is 74.2 Å². The third kappa shape index (κ3) is 4.42. The van der Waals surface area contributed by atoms with Crippen molar-refractivity contribution >= 4 is 17.5 Å². The van der Waals surface area contributed by atoms with Crippen LogP contribution in [-0.4, -0.2) is 37.8 Å². The number of Topliss-reactive ketones (excluding diaryl/α,β-unsaturated/α-hetero) is 1. The van der Waals surface area contributed by atoms with Crippen molar-refractivity contribution in [3.63, 3.8) is 0 Å². The summed E-state index contributed by atoms with van der Waals surface area (Å²) in [4.78, 5) is 30.6. The molecule has 1 aliphatic carbocycles. The van der Waals surface area contributed by atoms with Crippen LogP contribution in [0.25, 0.3) is 0 Å². The van der Waals surface area contributed by atoms with Crippen molar-refractivity contribution in [2.24, 2.45) is 10.9 Å². The molecule has 1 aromatic rings. The molecule has 0 spiro atoms. The first-order chi connectivity index (χ1) is 14.5. The van der Waals surface area contributed by atoms with E-state index in [1.54, 1.807) is 7.11 Å². The average Bonchev–Trinajstić information content (AvgIpc) is 2.75. The van der Waals surface area contributed by atoms with Crippen LogP contribution in [0.1, 0.15) is 64.4 Å². The molecule has 1 fully saturated rings. The van der Waals surface area contributed by atoms with Crippen LogP contribution in [0.15, 0.2) is 34.5 Å². The number of nitrogens with zero attached hydrogens (tertiary/aromatic N) is 1. The molecule has 162 valence electrons. The van der Waals surface area contributed by atoms with Crippen LogP contribution in [0.3, 0.4) is 0 Å². The predicted molar refractivity (Wildman–Crippen MR) is 115 cm³/mol. The number of benzene rings is 1. The zero-order chi connectivity index (χ0) is 21.7. The van der Waals surface area contributed by atoms with Crippen molar-refractivity contribution in [2.45, 2.75) is 58.8 Å². The maximum atomic E-state index is 13.0. The van der Waals surface area contributed by atoms with Crippen molar-refractivity contribution in [3.05, 3.63) is 35.0 Å². The van der Waals surface area contributed by atoms with E-state index in [4.69, 9.17) is 14.2 Å². The molecule has 3 rings (SSSR count). The van der Waals surface area contributed by atoms with Crippen molar-refractivity contribution in [2.75, 3.05) is 20.3 Å². The van der Waals surface area contributed by atoms with Gasteiger partial charge in [0.1, 0.15) is 5.78 Å². The minimum absolute atomic E-state index is 0.128. The van der Waals surface area contributed by atoms with Gasteiger partial charge >= 0.3 is 5.97 Å². The zero-order valence-corrected chi connectivity index (χ0v) is 18.3. The lowest BCUT2D eigenvalue weighted by molar-refractivity contribution is -0.139. The maximum absolute atomic E-state index is 13.0. The largest absolute Gasteiger partial charge is 0.493 e. The van der Waals surface area contributed by atoms with E-state index in [9.17, 15) is 9.59 Å². The number of esters is 1. The van der Waals surface area contributed by atoms with Crippen molar-refractivity contribution in [1.82, 2.24) is 0 Å². The highest BCUT2D eigenvalue weighted by molar-refractivity contribution is 6.11. The molecule has 1 aliphatic heterocycles. The molecular formula is C24H31NO5. The van der Waals surface area contributed by atoms with Gasteiger partial charge in [-0.2, -0.15) is 0 Å². The molecule has 0 amide bonds. The molecule has 6 nitrogen and oxygen atoms in total. The monoisotopic (exact) mass is 413 g/mol. The Morgan fingerprint density at radius 1 is 1.10 bits per heavy atom. The van der Waals surface area contributed by atoms with Crippen molar-refractivity contribution < 1.29 is 23.8 Å². The molecule has 0 aromatic heterocycles. The molecule has 0 saturated heterocycles.